The molecule has 2 aromatic carbocycles. The van der Waals surface area contributed by atoms with Crippen LogP contribution in [0, 0.1) is 5.82 Å². The van der Waals surface area contributed by atoms with Crippen LogP contribution in [0.4, 0.5) is 4.39 Å². The van der Waals surface area contributed by atoms with Crippen LogP contribution in [-0.4, -0.2) is 33.1 Å². The Morgan fingerprint density at radius 2 is 2.00 bits per heavy atom. The molecule has 0 N–H and O–H groups in total. The van der Waals surface area contributed by atoms with Crippen LogP contribution in [0.25, 0.3) is 16.7 Å². The van der Waals surface area contributed by atoms with Crippen molar-refractivity contribution in [2.24, 2.45) is 0 Å². The van der Waals surface area contributed by atoms with Crippen molar-refractivity contribution in [2.75, 3.05) is 7.11 Å². The van der Waals surface area contributed by atoms with Gasteiger partial charge in [-0.2, -0.15) is 5.10 Å². The summed E-state index contributed by atoms with van der Waals surface area (Å²) in [5.41, 5.74) is 2.84. The summed E-state index contributed by atoms with van der Waals surface area (Å²) in [5, 5.41) is 5.93. The monoisotopic (exact) mass is 394 g/mol. The molecule has 4 rings (SSSR count). The van der Waals surface area contributed by atoms with Crippen molar-refractivity contribution in [3.8, 4) is 11.4 Å². The van der Waals surface area contributed by atoms with Crippen molar-refractivity contribution in [1.82, 2.24) is 19.7 Å². The van der Waals surface area contributed by atoms with Crippen molar-refractivity contribution in [3.05, 3.63) is 71.9 Å². The molecule has 0 aliphatic heterocycles. The van der Waals surface area contributed by atoms with Gasteiger partial charge in [0, 0.05) is 16.9 Å². The third-order valence-corrected chi connectivity index (χ3v) is 5.26. The maximum absolute atomic E-state index is 13.2. The van der Waals surface area contributed by atoms with E-state index in [0.29, 0.717) is 28.4 Å². The van der Waals surface area contributed by atoms with E-state index in [1.54, 1.807) is 48.3 Å². The number of hydrogen-bond acceptors (Lipinski definition) is 6. The molecule has 0 saturated heterocycles. The molecule has 0 spiro atoms. The van der Waals surface area contributed by atoms with E-state index in [1.165, 1.54) is 30.2 Å². The molecule has 0 fully saturated rings. The Hall–Kier alpha value is -3.26. The predicted octanol–water partition coefficient (Wildman–Crippen LogP) is 4.07. The average Bonchev–Trinajstić information content (AvgIpc) is 3.17. The van der Waals surface area contributed by atoms with E-state index in [0.717, 1.165) is 22.3 Å². The molecule has 0 atom stereocenters. The molecule has 0 saturated carbocycles. The fraction of sp³-hybridized carbons (Fsp3) is 0.100. The Bertz CT molecular complexity index is 1140. The lowest BCUT2D eigenvalue weighted by Crippen LogP contribution is -1.98. The molecule has 6 nitrogen and oxygen atoms in total. The Balaban J connectivity index is 1.65. The first-order valence-corrected chi connectivity index (χ1v) is 9.37. The van der Waals surface area contributed by atoms with Crippen LogP contribution >= 0.6 is 11.8 Å². The van der Waals surface area contributed by atoms with Crippen LogP contribution in [0.1, 0.15) is 15.9 Å². The van der Waals surface area contributed by atoms with Gasteiger partial charge >= 0.3 is 0 Å². The molecule has 140 valence electrons. The van der Waals surface area contributed by atoms with E-state index >= 15 is 0 Å². The van der Waals surface area contributed by atoms with Crippen LogP contribution in [-0.2, 0) is 5.75 Å². The fourth-order valence-electron chi connectivity index (χ4n) is 2.84. The normalized spacial score (nSPS) is 10.9. The topological polar surface area (TPSA) is 69.9 Å². The summed E-state index contributed by atoms with van der Waals surface area (Å²) in [4.78, 5) is 19.8. The summed E-state index contributed by atoms with van der Waals surface area (Å²) in [5.74, 6) is 0.974. The third kappa shape index (κ3) is 3.46. The highest BCUT2D eigenvalue weighted by Gasteiger charge is 2.13. The van der Waals surface area contributed by atoms with E-state index in [2.05, 4.69) is 15.1 Å². The molecule has 0 aliphatic rings. The first-order valence-electron chi connectivity index (χ1n) is 8.39. The second kappa shape index (κ2) is 7.77. The third-order valence-electron chi connectivity index (χ3n) is 4.21. The number of nitrogens with zero attached hydrogens (tertiary/aromatic N) is 4. The fourth-order valence-corrected chi connectivity index (χ4v) is 3.78. The Kier molecular flexibility index (Phi) is 5.03. The highest BCUT2D eigenvalue weighted by atomic mass is 32.2. The van der Waals surface area contributed by atoms with Crippen molar-refractivity contribution in [1.29, 1.82) is 0 Å². The second-order valence-electron chi connectivity index (χ2n) is 5.93. The molecule has 4 aromatic rings. The number of aldehydes is 1. The second-order valence-corrected chi connectivity index (χ2v) is 6.89. The van der Waals surface area contributed by atoms with Gasteiger partial charge in [-0.1, -0.05) is 0 Å². The van der Waals surface area contributed by atoms with Gasteiger partial charge in [-0.25, -0.2) is 19.0 Å². The minimum Gasteiger partial charge on any atom is -0.496 e. The molecule has 0 aliphatic carbocycles. The molecule has 2 aromatic heterocycles. The zero-order valence-electron chi connectivity index (χ0n) is 14.9. The minimum atomic E-state index is -0.308. The zero-order valence-corrected chi connectivity index (χ0v) is 15.7. The molecular weight excluding hydrogens is 379 g/mol. The number of halogens is 1. The van der Waals surface area contributed by atoms with Gasteiger partial charge in [0.2, 0.25) is 0 Å². The summed E-state index contributed by atoms with van der Waals surface area (Å²) < 4.78 is 20.2. The number of hydrogen-bond donors (Lipinski definition) is 0. The Labute approximate surface area is 164 Å². The molecule has 0 radical (unpaired) electrons. The van der Waals surface area contributed by atoms with Crippen molar-refractivity contribution < 1.29 is 13.9 Å². The van der Waals surface area contributed by atoms with Gasteiger partial charge in [0.1, 0.15) is 29.2 Å². The number of carbonyl (C=O) groups excluding carboxylic acids is 1. The predicted molar refractivity (Wildman–Crippen MR) is 105 cm³/mol. The number of carbonyl (C=O) groups is 1. The first-order chi connectivity index (χ1) is 13.7. The highest BCUT2D eigenvalue weighted by Crippen LogP contribution is 2.31. The Morgan fingerprint density at radius 3 is 2.75 bits per heavy atom. The molecule has 0 unspecified atom stereocenters. The number of ether oxygens (including phenoxy) is 1. The number of thioether (sulfide) groups is 1. The van der Waals surface area contributed by atoms with E-state index in [-0.39, 0.29) is 5.82 Å². The molecule has 2 heterocycles. The van der Waals surface area contributed by atoms with Crippen molar-refractivity contribution in [3.63, 3.8) is 0 Å². The van der Waals surface area contributed by atoms with Gasteiger partial charge in [-0.05, 0) is 42.5 Å². The van der Waals surface area contributed by atoms with E-state index < -0.39 is 0 Å². The number of rotatable bonds is 6. The lowest BCUT2D eigenvalue weighted by atomic mass is 10.1. The van der Waals surface area contributed by atoms with Gasteiger partial charge in [0.05, 0.1) is 24.4 Å². The number of fused-ring (bicyclic) bond motifs is 1. The lowest BCUT2D eigenvalue weighted by molar-refractivity contribution is 0.112. The van der Waals surface area contributed by atoms with Crippen LogP contribution in [0.2, 0.25) is 0 Å². The summed E-state index contributed by atoms with van der Waals surface area (Å²) in [7, 11) is 1.60. The number of aromatic nitrogens is 4. The molecule has 28 heavy (non-hydrogen) atoms. The first kappa shape index (κ1) is 18.1. The van der Waals surface area contributed by atoms with Crippen LogP contribution in [0.5, 0.6) is 5.75 Å². The maximum Gasteiger partial charge on any atom is 0.167 e. The van der Waals surface area contributed by atoms with Crippen LogP contribution in [0.15, 0.2) is 60.0 Å². The quantitative estimate of drug-likeness (QED) is 0.279. The summed E-state index contributed by atoms with van der Waals surface area (Å²) in [6.45, 7) is 0. The largest absolute Gasteiger partial charge is 0.496 e. The summed E-state index contributed by atoms with van der Waals surface area (Å²) >= 11 is 1.50. The minimum absolute atomic E-state index is 0.308. The average molecular weight is 394 g/mol. The highest BCUT2D eigenvalue weighted by molar-refractivity contribution is 7.98. The number of benzene rings is 2. The van der Waals surface area contributed by atoms with Crippen LogP contribution in [0.3, 0.4) is 0 Å². The molecule has 8 heteroatoms. The van der Waals surface area contributed by atoms with Crippen molar-refractivity contribution in [2.45, 2.75) is 10.8 Å². The number of methoxy groups -OCH3 is 1. The zero-order chi connectivity index (χ0) is 19.5. The van der Waals surface area contributed by atoms with E-state index in [4.69, 9.17) is 4.74 Å². The Morgan fingerprint density at radius 1 is 1.18 bits per heavy atom. The van der Waals surface area contributed by atoms with Gasteiger partial charge < -0.3 is 4.74 Å². The SMILES string of the molecule is COc1ccc(C=O)cc1CSc1ncnc2c1cnn2-c1ccc(F)cc1. The van der Waals surface area contributed by atoms with Gasteiger partial charge in [-0.15, -0.1) is 11.8 Å². The smallest absolute Gasteiger partial charge is 0.167 e. The standard InChI is InChI=1S/C20H15FN4O2S/c1-27-18-7-2-13(10-26)8-14(18)11-28-20-17-9-24-25(19(17)22-12-23-20)16-5-3-15(21)4-6-16/h2-10,12H,11H2,1H3. The van der Waals surface area contributed by atoms with Gasteiger partial charge in [0.15, 0.2) is 5.65 Å². The van der Waals surface area contributed by atoms with E-state index in [1.807, 2.05) is 0 Å². The van der Waals surface area contributed by atoms with E-state index in [9.17, 15) is 9.18 Å². The molecule has 0 amide bonds. The van der Waals surface area contributed by atoms with Gasteiger partial charge in [-0.3, -0.25) is 4.79 Å². The lowest BCUT2D eigenvalue weighted by Gasteiger charge is -2.09. The summed E-state index contributed by atoms with van der Waals surface area (Å²) in [6, 6.07) is 11.4. The van der Waals surface area contributed by atoms with Gasteiger partial charge in [0.25, 0.3) is 0 Å². The maximum atomic E-state index is 13.2. The van der Waals surface area contributed by atoms with Crippen LogP contribution < -0.4 is 4.74 Å². The summed E-state index contributed by atoms with van der Waals surface area (Å²) in [6.07, 6.45) is 3.98. The molecular formula is C20H15FN4O2S. The van der Waals surface area contributed by atoms with Crippen molar-refractivity contribution >= 4 is 29.1 Å². The molecule has 0 bridgehead atoms.